The maximum atomic E-state index is 12.5. The first-order chi connectivity index (χ1) is 12.6. The van der Waals surface area contributed by atoms with Crippen molar-refractivity contribution >= 4 is 23.5 Å². The number of carbonyl (C=O) groups excluding carboxylic acids is 3. The first-order valence-corrected chi connectivity index (χ1v) is 8.23. The molecule has 0 bridgehead atoms. The lowest BCUT2D eigenvalue weighted by Crippen LogP contribution is -2.28. The van der Waals surface area contributed by atoms with E-state index in [9.17, 15) is 14.4 Å². The van der Waals surface area contributed by atoms with Crippen LogP contribution in [0, 0.1) is 5.92 Å². The molecule has 1 N–H and O–H groups in total. The molecule has 26 heavy (non-hydrogen) atoms. The first kappa shape index (κ1) is 17.6. The van der Waals surface area contributed by atoms with E-state index < -0.39 is 11.9 Å². The van der Waals surface area contributed by atoms with E-state index in [4.69, 9.17) is 0 Å². The van der Waals surface area contributed by atoms with Gasteiger partial charge in [0.05, 0.1) is 30.8 Å². The van der Waals surface area contributed by atoms with Crippen molar-refractivity contribution in [3.05, 3.63) is 59.9 Å². The summed E-state index contributed by atoms with van der Waals surface area (Å²) in [5.41, 5.74) is 1.63. The highest BCUT2D eigenvalue weighted by atomic mass is 16.5. The molecule has 1 atom stereocenters. The van der Waals surface area contributed by atoms with E-state index in [1.165, 1.54) is 7.11 Å². The third kappa shape index (κ3) is 4.05. The molecule has 7 nitrogen and oxygen atoms in total. The Morgan fingerprint density at radius 3 is 2.85 bits per heavy atom. The summed E-state index contributed by atoms with van der Waals surface area (Å²) in [5, 5.41) is 2.77. The summed E-state index contributed by atoms with van der Waals surface area (Å²) in [6, 6.07) is 12.0. The summed E-state index contributed by atoms with van der Waals surface area (Å²) in [6.45, 7) is 0.735. The van der Waals surface area contributed by atoms with E-state index in [-0.39, 0.29) is 18.2 Å². The maximum Gasteiger partial charge on any atom is 0.337 e. The van der Waals surface area contributed by atoms with Gasteiger partial charge in [-0.2, -0.15) is 0 Å². The van der Waals surface area contributed by atoms with Gasteiger partial charge in [-0.3, -0.25) is 14.6 Å². The SMILES string of the molecule is COC(=O)c1cccc(NC(=O)C2CC(=O)N(Cc3ccccn3)C2)c1. The Hall–Kier alpha value is -3.22. The van der Waals surface area contributed by atoms with Gasteiger partial charge in [0.15, 0.2) is 0 Å². The number of nitrogens with zero attached hydrogens (tertiary/aromatic N) is 2. The summed E-state index contributed by atoms with van der Waals surface area (Å²) in [4.78, 5) is 42.1. The Morgan fingerprint density at radius 2 is 2.12 bits per heavy atom. The second-order valence-electron chi connectivity index (χ2n) is 6.06. The molecule has 2 heterocycles. The highest BCUT2D eigenvalue weighted by Gasteiger charge is 2.34. The summed E-state index contributed by atoms with van der Waals surface area (Å²) in [7, 11) is 1.30. The topological polar surface area (TPSA) is 88.6 Å². The highest BCUT2D eigenvalue weighted by molar-refractivity contribution is 5.98. The summed E-state index contributed by atoms with van der Waals surface area (Å²) in [6.07, 6.45) is 1.84. The molecule has 1 aromatic heterocycles. The first-order valence-electron chi connectivity index (χ1n) is 8.23. The number of methoxy groups -OCH3 is 1. The van der Waals surface area contributed by atoms with Gasteiger partial charge in [-0.1, -0.05) is 12.1 Å². The highest BCUT2D eigenvalue weighted by Crippen LogP contribution is 2.22. The maximum absolute atomic E-state index is 12.5. The molecule has 2 amide bonds. The van der Waals surface area contributed by atoms with Gasteiger partial charge in [-0.05, 0) is 30.3 Å². The van der Waals surface area contributed by atoms with Gasteiger partial charge in [0, 0.05) is 24.8 Å². The number of pyridine rings is 1. The minimum Gasteiger partial charge on any atom is -0.465 e. The molecule has 1 aliphatic heterocycles. The molecule has 2 aromatic rings. The summed E-state index contributed by atoms with van der Waals surface area (Å²) < 4.78 is 4.67. The number of hydrogen-bond donors (Lipinski definition) is 1. The van der Waals surface area contributed by atoms with E-state index in [0.29, 0.717) is 24.3 Å². The van der Waals surface area contributed by atoms with E-state index >= 15 is 0 Å². The van der Waals surface area contributed by atoms with E-state index in [2.05, 4.69) is 15.0 Å². The van der Waals surface area contributed by atoms with Crippen LogP contribution >= 0.6 is 0 Å². The fourth-order valence-corrected chi connectivity index (χ4v) is 2.87. The standard InChI is InChI=1S/C19H19N3O4/c1-26-19(25)13-5-4-7-15(9-13)21-18(24)14-10-17(23)22(11-14)12-16-6-2-3-8-20-16/h2-9,14H,10-12H2,1H3,(H,21,24). The molecule has 0 spiro atoms. The van der Waals surface area contributed by atoms with Crippen molar-refractivity contribution in [1.29, 1.82) is 0 Å². The van der Waals surface area contributed by atoms with Crippen LogP contribution in [0.25, 0.3) is 0 Å². The van der Waals surface area contributed by atoms with Gasteiger partial charge in [0.25, 0.3) is 0 Å². The zero-order valence-corrected chi connectivity index (χ0v) is 14.3. The van der Waals surface area contributed by atoms with Crippen molar-refractivity contribution in [3.8, 4) is 0 Å². The van der Waals surface area contributed by atoms with Crippen molar-refractivity contribution in [2.45, 2.75) is 13.0 Å². The average molecular weight is 353 g/mol. The van der Waals surface area contributed by atoms with Crippen LogP contribution in [-0.2, 0) is 20.9 Å². The predicted molar refractivity (Wildman–Crippen MR) is 94.2 cm³/mol. The van der Waals surface area contributed by atoms with Gasteiger partial charge in [-0.15, -0.1) is 0 Å². The fraction of sp³-hybridized carbons (Fsp3) is 0.263. The number of amides is 2. The van der Waals surface area contributed by atoms with Crippen molar-refractivity contribution in [1.82, 2.24) is 9.88 Å². The van der Waals surface area contributed by atoms with E-state index in [1.807, 2.05) is 18.2 Å². The number of likely N-dealkylation sites (tertiary alicyclic amines) is 1. The van der Waals surface area contributed by atoms with Crippen molar-refractivity contribution in [2.75, 3.05) is 19.0 Å². The van der Waals surface area contributed by atoms with Crippen LogP contribution in [0.3, 0.4) is 0 Å². The van der Waals surface area contributed by atoms with Crippen LogP contribution in [-0.4, -0.2) is 41.3 Å². The molecule has 1 unspecified atom stereocenters. The van der Waals surface area contributed by atoms with Gasteiger partial charge in [-0.25, -0.2) is 4.79 Å². The number of rotatable bonds is 5. The molecule has 134 valence electrons. The van der Waals surface area contributed by atoms with Gasteiger partial charge >= 0.3 is 5.97 Å². The van der Waals surface area contributed by atoms with Crippen LogP contribution in [0.4, 0.5) is 5.69 Å². The Balaban J connectivity index is 1.62. The molecule has 3 rings (SSSR count). The fourth-order valence-electron chi connectivity index (χ4n) is 2.87. The van der Waals surface area contributed by atoms with Crippen LogP contribution in [0.5, 0.6) is 0 Å². The molecule has 0 saturated carbocycles. The number of aromatic nitrogens is 1. The molecule has 1 fully saturated rings. The van der Waals surface area contributed by atoms with Crippen molar-refractivity contribution in [2.24, 2.45) is 5.92 Å². The number of ether oxygens (including phenoxy) is 1. The second-order valence-corrected chi connectivity index (χ2v) is 6.06. The number of nitrogens with one attached hydrogen (secondary N) is 1. The monoisotopic (exact) mass is 353 g/mol. The molecule has 1 saturated heterocycles. The zero-order valence-electron chi connectivity index (χ0n) is 14.3. The minimum absolute atomic E-state index is 0.0703. The molecule has 7 heteroatoms. The molecule has 1 aromatic carbocycles. The van der Waals surface area contributed by atoms with E-state index in [0.717, 1.165) is 5.69 Å². The second kappa shape index (κ2) is 7.77. The Labute approximate surface area is 151 Å². The van der Waals surface area contributed by atoms with Crippen LogP contribution in [0.15, 0.2) is 48.7 Å². The van der Waals surface area contributed by atoms with Crippen molar-refractivity contribution in [3.63, 3.8) is 0 Å². The number of esters is 1. The number of anilines is 1. The summed E-state index contributed by atoms with van der Waals surface area (Å²) in [5.74, 6) is -1.23. The average Bonchev–Trinajstić information content (AvgIpc) is 3.03. The molecule has 1 aliphatic rings. The zero-order chi connectivity index (χ0) is 18.5. The molecule has 0 aliphatic carbocycles. The van der Waals surface area contributed by atoms with Crippen LogP contribution in [0.1, 0.15) is 22.5 Å². The number of carbonyl (C=O) groups is 3. The van der Waals surface area contributed by atoms with Gasteiger partial charge < -0.3 is 15.0 Å². The molecular weight excluding hydrogens is 334 g/mol. The largest absolute Gasteiger partial charge is 0.465 e. The van der Waals surface area contributed by atoms with E-state index in [1.54, 1.807) is 35.4 Å². The summed E-state index contributed by atoms with van der Waals surface area (Å²) >= 11 is 0. The van der Waals surface area contributed by atoms with Crippen molar-refractivity contribution < 1.29 is 19.1 Å². The number of benzene rings is 1. The van der Waals surface area contributed by atoms with Crippen LogP contribution in [0.2, 0.25) is 0 Å². The third-order valence-electron chi connectivity index (χ3n) is 4.22. The lowest BCUT2D eigenvalue weighted by molar-refractivity contribution is -0.128. The predicted octanol–water partition coefficient (Wildman–Crippen LogP) is 1.86. The normalized spacial score (nSPS) is 16.4. The van der Waals surface area contributed by atoms with Gasteiger partial charge in [0.2, 0.25) is 11.8 Å². The van der Waals surface area contributed by atoms with Crippen LogP contribution < -0.4 is 5.32 Å². The quantitative estimate of drug-likeness (QED) is 0.829. The van der Waals surface area contributed by atoms with Gasteiger partial charge in [0.1, 0.15) is 0 Å². The molecule has 0 radical (unpaired) electrons. The lowest BCUT2D eigenvalue weighted by atomic mass is 10.1. The lowest BCUT2D eigenvalue weighted by Gasteiger charge is -2.16. The Morgan fingerprint density at radius 1 is 1.27 bits per heavy atom. The Kier molecular flexibility index (Phi) is 5.26. The number of hydrogen-bond acceptors (Lipinski definition) is 5. The Bertz CT molecular complexity index is 823. The third-order valence-corrected chi connectivity index (χ3v) is 4.22. The molecular formula is C19H19N3O4. The smallest absolute Gasteiger partial charge is 0.337 e. The minimum atomic E-state index is -0.473.